The molecule has 3 saturated heterocycles. The van der Waals surface area contributed by atoms with E-state index in [0.717, 1.165) is 0 Å². The van der Waals surface area contributed by atoms with Crippen LogP contribution in [-0.2, 0) is 71.9 Å². The van der Waals surface area contributed by atoms with Crippen LogP contribution in [0.3, 0.4) is 0 Å². The van der Waals surface area contributed by atoms with E-state index >= 15 is 0 Å². The van der Waals surface area contributed by atoms with Crippen LogP contribution in [0.4, 0.5) is 0 Å². The van der Waals surface area contributed by atoms with Gasteiger partial charge in [-0.25, -0.2) is 0 Å². The Labute approximate surface area is 577 Å². The largest absolute Gasteiger partial charge is 0.394 e. The molecule has 0 aromatic heterocycles. The first kappa shape index (κ1) is 84.2. The van der Waals surface area contributed by atoms with E-state index < -0.39 is 183 Å². The van der Waals surface area contributed by atoms with E-state index in [4.69, 9.17) is 5.73 Å². The third-order valence-corrected chi connectivity index (χ3v) is 17.4. The molecule has 0 saturated carbocycles. The van der Waals surface area contributed by atoms with Crippen molar-refractivity contribution in [3.05, 3.63) is 0 Å². The number of nitrogens with two attached hydrogens (primary N) is 1. The van der Waals surface area contributed by atoms with E-state index in [-0.39, 0.29) is 69.7 Å². The Hall–Kier alpha value is -7.99. The van der Waals surface area contributed by atoms with E-state index in [1.807, 2.05) is 27.7 Å². The average molecular weight is 1390 g/mol. The second-order valence-corrected chi connectivity index (χ2v) is 30.8. The van der Waals surface area contributed by atoms with Crippen LogP contribution in [0, 0.1) is 23.7 Å². The van der Waals surface area contributed by atoms with Gasteiger partial charge >= 0.3 is 0 Å². The maximum atomic E-state index is 14.4. The summed E-state index contributed by atoms with van der Waals surface area (Å²) in [7, 11) is 0. The zero-order valence-corrected chi connectivity index (χ0v) is 61.4. The number of nitrogens with zero attached hydrogens (tertiary/aromatic N) is 3. The first-order valence-electron chi connectivity index (χ1n) is 34.2. The molecule has 31 nitrogen and oxygen atoms in total. The third-order valence-electron chi connectivity index (χ3n) is 17.4. The lowest BCUT2D eigenvalue weighted by molar-refractivity contribution is -0.146. The molecular formula is C67H115N15O16. The Balaban J connectivity index is 1.68. The van der Waals surface area contributed by atoms with Crippen LogP contribution in [-0.4, -0.2) is 217 Å². The van der Waals surface area contributed by atoms with E-state index in [1.165, 1.54) is 97.8 Å². The molecule has 0 aromatic carbocycles. The highest BCUT2D eigenvalue weighted by molar-refractivity contribution is 6.02. The van der Waals surface area contributed by atoms with Gasteiger partial charge in [0, 0.05) is 26.6 Å². The van der Waals surface area contributed by atoms with Gasteiger partial charge in [0.05, 0.1) is 19.1 Å². The van der Waals surface area contributed by atoms with Crippen molar-refractivity contribution < 1.29 is 77.0 Å². The fourth-order valence-corrected chi connectivity index (χ4v) is 12.2. The number of primary amides is 1. The molecule has 0 aromatic rings. The smallest absolute Gasteiger partial charge is 0.248 e. The topological polar surface area (TPSA) is 444 Å². The summed E-state index contributed by atoms with van der Waals surface area (Å²) < 4.78 is 0. The zero-order chi connectivity index (χ0) is 75.1. The van der Waals surface area contributed by atoms with E-state index in [1.54, 1.807) is 27.7 Å². The molecule has 0 spiro atoms. The molecule has 0 bridgehead atoms. The van der Waals surface area contributed by atoms with Crippen molar-refractivity contribution in [2.45, 2.75) is 285 Å². The highest BCUT2D eigenvalue weighted by atomic mass is 16.3. The molecule has 9 unspecified atom stereocenters. The van der Waals surface area contributed by atoms with Gasteiger partial charge in [-0.3, -0.25) is 71.9 Å². The van der Waals surface area contributed by atoms with Crippen molar-refractivity contribution in [1.29, 1.82) is 0 Å². The molecular weight excluding hydrogens is 1270 g/mol. The minimum atomic E-state index is -1.69. The number of carbonyl (C=O) groups is 15. The SMILES string of the molecule is CC(=O)NC(C)(C)C(=O)NC(CC(N)=O)C(=O)NC(CC(C)C)C(=O)NC(C)(C)C(=O)N1CCCC1C(=O)NC(C)C(=O)NC(C(=O)NC(C)(C)C(=O)N1CCCC1C(=O)NC(C)(C)C(=O)NC(CC(C)C)C(=O)NC(C)(C)C(=O)N1CCCC1C(=O)NC(CO)CC(C)C)C(C)C. The highest BCUT2D eigenvalue weighted by Crippen LogP contribution is 2.27. The predicted molar refractivity (Wildman–Crippen MR) is 362 cm³/mol. The number of hydrogen-bond acceptors (Lipinski definition) is 16. The molecule has 3 fully saturated rings. The summed E-state index contributed by atoms with van der Waals surface area (Å²) in [4.78, 5) is 209. The van der Waals surface area contributed by atoms with Crippen molar-refractivity contribution in [2.24, 2.45) is 29.4 Å². The van der Waals surface area contributed by atoms with E-state index in [9.17, 15) is 77.0 Å². The van der Waals surface area contributed by atoms with Crippen LogP contribution < -0.4 is 64.2 Å². The standard InChI is InChI=1S/C67H115N15O16/c1-35(2)30-41(34-83)70-55(91)46-25-22-28-81(46)61(97)66(17,18)77-53(89)43(32-37(5)6)72-59(95)64(13,14)78-56(92)47-26-23-29-82(47)62(98)67(19,20)79-57(93)49(38(7)8)74-50(86)39(9)69-54(90)45-24-21-27-80(45)60(96)65(15,16)76-52(88)42(31-36(3)4)71-51(87)44(33-48(68)85)73-58(94)63(11,12)75-40(10)84/h35-39,41-47,49,83H,21-34H2,1-20H3,(H2,68,85)(H,69,90)(H,70,91)(H,71,87)(H,72,95)(H,73,94)(H,74,86)(H,75,84)(H,76,88)(H,77,89)(H,78,92)(H,79,93). The van der Waals surface area contributed by atoms with Crippen LogP contribution in [0.5, 0.6) is 0 Å². The Morgan fingerprint density at radius 2 is 0.786 bits per heavy atom. The van der Waals surface area contributed by atoms with Gasteiger partial charge in [-0.05, 0) is 158 Å². The number of amides is 15. The first-order valence-corrected chi connectivity index (χ1v) is 34.2. The monoisotopic (exact) mass is 1390 g/mol. The number of rotatable bonds is 34. The Morgan fingerprint density at radius 1 is 0.418 bits per heavy atom. The van der Waals surface area contributed by atoms with Gasteiger partial charge in [0.25, 0.3) is 0 Å². The second-order valence-electron chi connectivity index (χ2n) is 30.8. The zero-order valence-electron chi connectivity index (χ0n) is 61.4. The molecule has 31 heteroatoms. The summed E-state index contributed by atoms with van der Waals surface area (Å²) in [6.07, 6.45) is 2.16. The van der Waals surface area contributed by atoms with E-state index in [0.29, 0.717) is 32.1 Å². The summed E-state index contributed by atoms with van der Waals surface area (Å²) in [5, 5.41) is 39.1. The first-order chi connectivity index (χ1) is 45.0. The number of hydrogen-bond donors (Lipinski definition) is 13. The minimum Gasteiger partial charge on any atom is -0.394 e. The quantitative estimate of drug-likeness (QED) is 0.0369. The lowest BCUT2D eigenvalue weighted by Crippen LogP contribution is -2.65. The second kappa shape index (κ2) is 35.2. The van der Waals surface area contributed by atoms with Crippen molar-refractivity contribution >= 4 is 88.6 Å². The van der Waals surface area contributed by atoms with Crippen molar-refractivity contribution in [3.8, 4) is 0 Å². The Morgan fingerprint density at radius 3 is 1.16 bits per heavy atom. The van der Waals surface area contributed by atoms with Gasteiger partial charge in [-0.2, -0.15) is 0 Å². The Kier molecular flexibility index (Phi) is 30.2. The van der Waals surface area contributed by atoms with Crippen LogP contribution in [0.25, 0.3) is 0 Å². The molecule has 3 rings (SSSR count). The van der Waals surface area contributed by atoms with Gasteiger partial charge in [0.15, 0.2) is 0 Å². The van der Waals surface area contributed by atoms with Crippen molar-refractivity contribution in [2.75, 3.05) is 26.2 Å². The maximum absolute atomic E-state index is 14.4. The minimum absolute atomic E-state index is 0.0450. The number of carbonyl (C=O) groups excluding carboxylic acids is 15. The third kappa shape index (κ3) is 23.9. The van der Waals surface area contributed by atoms with Crippen molar-refractivity contribution in [1.82, 2.24) is 73.2 Å². The number of aliphatic hydroxyl groups is 1. The van der Waals surface area contributed by atoms with Crippen LogP contribution >= 0.6 is 0 Å². The van der Waals surface area contributed by atoms with Gasteiger partial charge in [0.1, 0.15) is 76.0 Å². The fraction of sp³-hybridized carbons (Fsp3) is 0.776. The molecule has 554 valence electrons. The van der Waals surface area contributed by atoms with E-state index in [2.05, 4.69) is 58.5 Å². The summed E-state index contributed by atoms with van der Waals surface area (Å²) in [5.41, 5.74) is -2.65. The molecule has 3 heterocycles. The summed E-state index contributed by atoms with van der Waals surface area (Å²) in [6.45, 7) is 31.6. The van der Waals surface area contributed by atoms with Gasteiger partial charge in [-0.15, -0.1) is 0 Å². The summed E-state index contributed by atoms with van der Waals surface area (Å²) in [6, 6.07) is -10.1. The predicted octanol–water partition coefficient (Wildman–Crippen LogP) is -0.956. The molecule has 0 radical (unpaired) electrons. The number of nitrogens with one attached hydrogen (secondary N) is 11. The molecule has 3 aliphatic heterocycles. The molecule has 14 N–H and O–H groups in total. The lowest BCUT2D eigenvalue weighted by Gasteiger charge is -2.36. The maximum Gasteiger partial charge on any atom is 0.248 e. The molecule has 98 heavy (non-hydrogen) atoms. The van der Waals surface area contributed by atoms with Crippen LogP contribution in [0.1, 0.15) is 203 Å². The van der Waals surface area contributed by atoms with Crippen LogP contribution in [0.15, 0.2) is 0 Å². The summed E-state index contributed by atoms with van der Waals surface area (Å²) in [5.74, 6) is -11.3. The highest BCUT2D eigenvalue weighted by Gasteiger charge is 2.48. The van der Waals surface area contributed by atoms with Gasteiger partial charge in [0.2, 0.25) is 88.6 Å². The lowest BCUT2D eigenvalue weighted by atomic mass is 9.96. The van der Waals surface area contributed by atoms with Gasteiger partial charge in [-0.1, -0.05) is 55.4 Å². The van der Waals surface area contributed by atoms with Crippen molar-refractivity contribution in [3.63, 3.8) is 0 Å². The molecule has 0 aliphatic carbocycles. The average Bonchev–Trinajstić information content (AvgIpc) is 1.48. The Bertz CT molecular complexity index is 2960. The van der Waals surface area contributed by atoms with Crippen LogP contribution in [0.2, 0.25) is 0 Å². The number of aliphatic hydroxyl groups excluding tert-OH is 1. The van der Waals surface area contributed by atoms with Gasteiger partial charge < -0.3 is 84.0 Å². The molecule has 9 atom stereocenters. The molecule has 3 aliphatic rings. The molecule has 15 amide bonds. The summed E-state index contributed by atoms with van der Waals surface area (Å²) >= 11 is 0. The fourth-order valence-electron chi connectivity index (χ4n) is 12.2. The normalized spacial score (nSPS) is 18.7. The number of likely N-dealkylation sites (tertiary alicyclic amines) is 3.